The van der Waals surface area contributed by atoms with Crippen molar-refractivity contribution in [1.82, 2.24) is 9.88 Å². The van der Waals surface area contributed by atoms with Gasteiger partial charge in [-0.25, -0.2) is 4.98 Å². The number of piperazine rings is 1. The summed E-state index contributed by atoms with van der Waals surface area (Å²) in [7, 11) is 1.97. The number of ether oxygens (including phenoxy) is 1. The first-order valence-electron chi connectivity index (χ1n) is 10.7. The Balaban J connectivity index is 1.39. The van der Waals surface area contributed by atoms with Gasteiger partial charge in [0.15, 0.2) is 0 Å². The highest BCUT2D eigenvalue weighted by atomic mass is 16.5. The third-order valence-corrected chi connectivity index (χ3v) is 5.55. The summed E-state index contributed by atoms with van der Waals surface area (Å²) in [5.74, 6) is 1.73. The fourth-order valence-corrected chi connectivity index (χ4v) is 3.82. The fraction of sp³-hybridized carbons (Fsp3) is 0.280. The van der Waals surface area contributed by atoms with Crippen LogP contribution in [0.1, 0.15) is 17.3 Å². The predicted octanol–water partition coefficient (Wildman–Crippen LogP) is 4.21. The minimum Gasteiger partial charge on any atom is -0.492 e. The fourth-order valence-electron chi connectivity index (χ4n) is 3.82. The van der Waals surface area contributed by atoms with E-state index in [1.807, 2.05) is 84.4 Å². The number of pyridine rings is 1. The molecule has 1 aromatic heterocycles. The van der Waals surface area contributed by atoms with Gasteiger partial charge >= 0.3 is 0 Å². The van der Waals surface area contributed by atoms with Gasteiger partial charge in [0, 0.05) is 45.1 Å². The molecule has 1 amide bonds. The van der Waals surface area contributed by atoms with Gasteiger partial charge in [0.1, 0.15) is 11.6 Å². The van der Waals surface area contributed by atoms with Gasteiger partial charge in [-0.1, -0.05) is 30.3 Å². The van der Waals surface area contributed by atoms with Crippen molar-refractivity contribution in [2.75, 3.05) is 49.6 Å². The van der Waals surface area contributed by atoms with Gasteiger partial charge in [0.05, 0.1) is 17.9 Å². The summed E-state index contributed by atoms with van der Waals surface area (Å²) in [5.41, 5.74) is 2.76. The van der Waals surface area contributed by atoms with Gasteiger partial charge < -0.3 is 19.4 Å². The van der Waals surface area contributed by atoms with Crippen molar-refractivity contribution < 1.29 is 9.53 Å². The lowest BCUT2D eigenvalue weighted by atomic mass is 10.2. The van der Waals surface area contributed by atoms with E-state index in [4.69, 9.17) is 4.74 Å². The maximum Gasteiger partial charge on any atom is 0.255 e. The number of rotatable bonds is 6. The Morgan fingerprint density at radius 1 is 0.968 bits per heavy atom. The summed E-state index contributed by atoms with van der Waals surface area (Å²) < 4.78 is 5.76. The molecular formula is C25H28N4O2. The van der Waals surface area contributed by atoms with Gasteiger partial charge in [-0.2, -0.15) is 0 Å². The van der Waals surface area contributed by atoms with Gasteiger partial charge in [0.2, 0.25) is 0 Å². The van der Waals surface area contributed by atoms with Crippen molar-refractivity contribution in [1.29, 1.82) is 0 Å². The second-order valence-electron chi connectivity index (χ2n) is 7.48. The molecule has 2 aromatic carbocycles. The second-order valence-corrected chi connectivity index (χ2v) is 7.48. The third kappa shape index (κ3) is 4.63. The maximum atomic E-state index is 13.0. The Kier molecular flexibility index (Phi) is 6.36. The van der Waals surface area contributed by atoms with Crippen LogP contribution >= 0.6 is 0 Å². The highest BCUT2D eigenvalue weighted by Crippen LogP contribution is 2.29. The molecule has 6 nitrogen and oxygen atoms in total. The molecule has 0 aliphatic carbocycles. The topological polar surface area (TPSA) is 48.9 Å². The van der Waals surface area contributed by atoms with E-state index < -0.39 is 0 Å². The molecule has 0 radical (unpaired) electrons. The lowest BCUT2D eigenvalue weighted by molar-refractivity contribution is 0.0746. The summed E-state index contributed by atoms with van der Waals surface area (Å²) in [6.45, 7) is 5.52. The molecule has 160 valence electrons. The molecule has 6 heteroatoms. The maximum absolute atomic E-state index is 13.0. The zero-order valence-electron chi connectivity index (χ0n) is 18.1. The Hall–Kier alpha value is -3.54. The lowest BCUT2D eigenvalue weighted by Crippen LogP contribution is -2.48. The molecule has 0 spiro atoms. The first-order valence-corrected chi connectivity index (χ1v) is 10.7. The zero-order valence-corrected chi connectivity index (χ0v) is 18.1. The average Bonchev–Trinajstić information content (AvgIpc) is 2.84. The van der Waals surface area contributed by atoms with E-state index in [1.165, 1.54) is 0 Å². The van der Waals surface area contributed by atoms with Crippen LogP contribution in [0.25, 0.3) is 0 Å². The number of amides is 1. The van der Waals surface area contributed by atoms with Gasteiger partial charge in [-0.05, 0) is 43.3 Å². The smallest absolute Gasteiger partial charge is 0.255 e. The Morgan fingerprint density at radius 3 is 2.35 bits per heavy atom. The van der Waals surface area contributed by atoms with Crippen molar-refractivity contribution >= 4 is 23.1 Å². The molecule has 0 N–H and O–H groups in total. The Labute approximate surface area is 183 Å². The summed E-state index contributed by atoms with van der Waals surface area (Å²) >= 11 is 0. The third-order valence-electron chi connectivity index (χ3n) is 5.55. The SMILES string of the molecule is CCOc1ccccc1N1CCN(C(=O)c2ccc(N(C)c3ccccc3)nc2)CC1. The van der Waals surface area contributed by atoms with Gasteiger partial charge in [0.25, 0.3) is 5.91 Å². The van der Waals surface area contributed by atoms with E-state index >= 15 is 0 Å². The molecule has 0 bridgehead atoms. The summed E-state index contributed by atoms with van der Waals surface area (Å²) in [4.78, 5) is 23.7. The first-order chi connectivity index (χ1) is 15.2. The number of para-hydroxylation sites is 3. The van der Waals surface area contributed by atoms with Crippen LogP contribution in [0.15, 0.2) is 72.9 Å². The van der Waals surface area contributed by atoms with E-state index in [0.717, 1.165) is 36.0 Å². The van der Waals surface area contributed by atoms with Crippen LogP contribution in [0.5, 0.6) is 5.75 Å². The van der Waals surface area contributed by atoms with Crippen LogP contribution in [-0.4, -0.2) is 55.6 Å². The molecule has 4 rings (SSSR count). The van der Waals surface area contributed by atoms with Crippen molar-refractivity contribution in [3.05, 3.63) is 78.5 Å². The molecule has 1 saturated heterocycles. The van der Waals surface area contributed by atoms with E-state index in [-0.39, 0.29) is 5.91 Å². The average molecular weight is 417 g/mol. The number of aromatic nitrogens is 1. The molecule has 3 aromatic rings. The van der Waals surface area contributed by atoms with Crippen LogP contribution in [0.2, 0.25) is 0 Å². The van der Waals surface area contributed by atoms with Gasteiger partial charge in [-0.3, -0.25) is 4.79 Å². The quantitative estimate of drug-likeness (QED) is 0.602. The number of benzene rings is 2. The summed E-state index contributed by atoms with van der Waals surface area (Å²) in [6, 6.07) is 21.9. The number of carbonyl (C=O) groups is 1. The van der Waals surface area contributed by atoms with Crippen molar-refractivity contribution in [3.63, 3.8) is 0 Å². The largest absolute Gasteiger partial charge is 0.492 e. The number of hydrogen-bond donors (Lipinski definition) is 0. The van der Waals surface area contributed by atoms with E-state index in [0.29, 0.717) is 25.3 Å². The standard InChI is InChI=1S/C25H28N4O2/c1-3-31-23-12-8-7-11-22(23)28-15-17-29(18-16-28)25(30)20-13-14-24(26-19-20)27(2)21-9-5-4-6-10-21/h4-14,19H,3,15-18H2,1-2H3. The number of hydrogen-bond acceptors (Lipinski definition) is 5. The predicted molar refractivity (Wildman–Crippen MR) is 124 cm³/mol. The number of anilines is 3. The van der Waals surface area contributed by atoms with E-state index in [2.05, 4.69) is 16.0 Å². The van der Waals surface area contributed by atoms with Crippen molar-refractivity contribution in [2.24, 2.45) is 0 Å². The molecule has 1 aliphatic heterocycles. The highest BCUT2D eigenvalue weighted by Gasteiger charge is 2.24. The van der Waals surface area contributed by atoms with Crippen LogP contribution < -0.4 is 14.5 Å². The Bertz CT molecular complexity index is 1000. The minimum atomic E-state index is 0.0270. The minimum absolute atomic E-state index is 0.0270. The summed E-state index contributed by atoms with van der Waals surface area (Å²) in [5, 5.41) is 0. The number of carbonyl (C=O) groups excluding carboxylic acids is 1. The van der Waals surface area contributed by atoms with Gasteiger partial charge in [-0.15, -0.1) is 0 Å². The van der Waals surface area contributed by atoms with Crippen molar-refractivity contribution in [3.8, 4) is 5.75 Å². The lowest BCUT2D eigenvalue weighted by Gasteiger charge is -2.36. The molecule has 0 saturated carbocycles. The number of nitrogens with zero attached hydrogens (tertiary/aromatic N) is 4. The zero-order chi connectivity index (χ0) is 21.6. The molecule has 0 unspecified atom stereocenters. The highest BCUT2D eigenvalue weighted by molar-refractivity contribution is 5.94. The molecular weight excluding hydrogens is 388 g/mol. The normalized spacial score (nSPS) is 13.7. The van der Waals surface area contributed by atoms with Crippen LogP contribution in [0, 0.1) is 0 Å². The molecule has 1 fully saturated rings. The second kappa shape index (κ2) is 9.51. The molecule has 31 heavy (non-hydrogen) atoms. The summed E-state index contributed by atoms with van der Waals surface area (Å²) in [6.07, 6.45) is 1.67. The molecule has 1 aliphatic rings. The van der Waals surface area contributed by atoms with E-state index in [1.54, 1.807) is 6.20 Å². The monoisotopic (exact) mass is 416 g/mol. The van der Waals surface area contributed by atoms with Crippen LogP contribution in [0.4, 0.5) is 17.2 Å². The molecule has 0 atom stereocenters. The molecule has 2 heterocycles. The van der Waals surface area contributed by atoms with E-state index in [9.17, 15) is 4.79 Å². The van der Waals surface area contributed by atoms with Crippen molar-refractivity contribution in [2.45, 2.75) is 6.92 Å². The van der Waals surface area contributed by atoms with Crippen LogP contribution in [-0.2, 0) is 0 Å². The van der Waals surface area contributed by atoms with Crippen LogP contribution in [0.3, 0.4) is 0 Å². The Morgan fingerprint density at radius 2 is 1.68 bits per heavy atom. The first kappa shape index (κ1) is 20.7.